The first-order valence-corrected chi connectivity index (χ1v) is 7.32. The molecule has 0 aliphatic carbocycles. The lowest BCUT2D eigenvalue weighted by atomic mass is 9.77. The van der Waals surface area contributed by atoms with Crippen molar-refractivity contribution < 1.29 is 5.11 Å². The maximum Gasteiger partial charge on any atom is 0.138 e. The lowest BCUT2D eigenvalue weighted by Crippen LogP contribution is -2.45. The molecular weight excluding hydrogens is 242 g/mol. The van der Waals surface area contributed by atoms with E-state index in [0.29, 0.717) is 6.61 Å². The highest BCUT2D eigenvalue weighted by Crippen LogP contribution is 2.34. The molecule has 1 atom stereocenters. The van der Waals surface area contributed by atoms with E-state index in [9.17, 15) is 5.11 Å². The molecule has 0 unspecified atom stereocenters. The average Bonchev–Trinajstić information content (AvgIpc) is 2.93. The van der Waals surface area contributed by atoms with Gasteiger partial charge in [-0.15, -0.1) is 5.10 Å². The second kappa shape index (κ2) is 6.96. The minimum Gasteiger partial charge on any atom is -0.396 e. The minimum absolute atomic E-state index is 0.141. The van der Waals surface area contributed by atoms with Gasteiger partial charge >= 0.3 is 0 Å². The van der Waals surface area contributed by atoms with Crippen molar-refractivity contribution in [3.8, 4) is 0 Å². The van der Waals surface area contributed by atoms with Gasteiger partial charge in [0, 0.05) is 25.1 Å². The molecule has 1 N–H and O–H groups in total. The van der Waals surface area contributed by atoms with Crippen LogP contribution in [0.15, 0.2) is 6.33 Å². The molecular formula is C13H25N5O. The van der Waals surface area contributed by atoms with Gasteiger partial charge in [0.25, 0.3) is 0 Å². The Bertz CT molecular complexity index is 352. The smallest absolute Gasteiger partial charge is 0.138 e. The summed E-state index contributed by atoms with van der Waals surface area (Å²) >= 11 is 0. The summed E-state index contributed by atoms with van der Waals surface area (Å²) < 4.78 is 1.77. The van der Waals surface area contributed by atoms with E-state index in [4.69, 9.17) is 0 Å². The Hall–Kier alpha value is -1.01. The van der Waals surface area contributed by atoms with Gasteiger partial charge in [-0.05, 0) is 49.2 Å². The van der Waals surface area contributed by atoms with E-state index in [1.807, 2.05) is 0 Å². The van der Waals surface area contributed by atoms with Gasteiger partial charge in [-0.2, -0.15) is 0 Å². The monoisotopic (exact) mass is 267 g/mol. The summed E-state index contributed by atoms with van der Waals surface area (Å²) in [5.41, 5.74) is 0.141. The molecule has 1 fully saturated rings. The van der Waals surface area contributed by atoms with Crippen molar-refractivity contribution in [2.75, 3.05) is 26.2 Å². The van der Waals surface area contributed by atoms with Gasteiger partial charge in [0.05, 0.1) is 0 Å². The lowest BCUT2D eigenvalue weighted by molar-refractivity contribution is 0.0241. The van der Waals surface area contributed by atoms with Crippen molar-refractivity contribution in [2.45, 2.75) is 45.6 Å². The van der Waals surface area contributed by atoms with Gasteiger partial charge in [-0.1, -0.05) is 13.3 Å². The van der Waals surface area contributed by atoms with E-state index in [2.05, 4.69) is 27.3 Å². The molecule has 6 nitrogen and oxygen atoms in total. The van der Waals surface area contributed by atoms with Crippen molar-refractivity contribution in [3.05, 3.63) is 6.33 Å². The van der Waals surface area contributed by atoms with Gasteiger partial charge in [0.2, 0.25) is 0 Å². The van der Waals surface area contributed by atoms with E-state index in [1.54, 1.807) is 11.0 Å². The van der Waals surface area contributed by atoms with Crippen molar-refractivity contribution in [1.29, 1.82) is 0 Å². The average molecular weight is 267 g/mol. The fourth-order valence-electron chi connectivity index (χ4n) is 3.18. The predicted octanol–water partition coefficient (Wildman–Crippen LogP) is 0.938. The SMILES string of the molecule is CCC[C@@]1(CO)CCCN(CCCn2cnnn2)C1. The predicted molar refractivity (Wildman–Crippen MR) is 72.5 cm³/mol. The summed E-state index contributed by atoms with van der Waals surface area (Å²) in [6.45, 7) is 6.64. The van der Waals surface area contributed by atoms with Crippen LogP contribution in [0.2, 0.25) is 0 Å². The third-order valence-corrected chi connectivity index (χ3v) is 4.11. The summed E-state index contributed by atoms with van der Waals surface area (Å²) in [4.78, 5) is 2.49. The topological polar surface area (TPSA) is 67.1 Å². The van der Waals surface area contributed by atoms with E-state index < -0.39 is 0 Å². The third kappa shape index (κ3) is 3.98. The van der Waals surface area contributed by atoms with Gasteiger partial charge in [0.1, 0.15) is 6.33 Å². The Labute approximate surface area is 114 Å². The largest absolute Gasteiger partial charge is 0.396 e. The number of hydrogen-bond donors (Lipinski definition) is 1. The van der Waals surface area contributed by atoms with Crippen molar-refractivity contribution in [3.63, 3.8) is 0 Å². The normalized spacial score (nSPS) is 24.7. The Morgan fingerprint density at radius 3 is 2.95 bits per heavy atom. The number of hydrogen-bond acceptors (Lipinski definition) is 5. The number of tetrazole rings is 1. The molecule has 2 heterocycles. The second-order valence-corrected chi connectivity index (χ2v) is 5.71. The van der Waals surface area contributed by atoms with Crippen LogP contribution in [0.25, 0.3) is 0 Å². The summed E-state index contributed by atoms with van der Waals surface area (Å²) in [6.07, 6.45) is 7.36. The number of rotatable bonds is 7. The maximum absolute atomic E-state index is 9.71. The zero-order chi connectivity index (χ0) is 13.6. The van der Waals surface area contributed by atoms with E-state index in [-0.39, 0.29) is 5.41 Å². The molecule has 1 aliphatic rings. The van der Waals surface area contributed by atoms with E-state index >= 15 is 0 Å². The van der Waals surface area contributed by atoms with E-state index in [0.717, 1.165) is 45.4 Å². The summed E-state index contributed by atoms with van der Waals surface area (Å²) in [7, 11) is 0. The van der Waals surface area contributed by atoms with E-state index in [1.165, 1.54) is 12.8 Å². The molecule has 1 aromatic heterocycles. The van der Waals surface area contributed by atoms with Crippen LogP contribution in [0, 0.1) is 5.41 Å². The van der Waals surface area contributed by atoms with Crippen molar-refractivity contribution >= 4 is 0 Å². The minimum atomic E-state index is 0.141. The molecule has 1 aromatic rings. The Kier molecular flexibility index (Phi) is 5.27. The number of aliphatic hydroxyl groups is 1. The molecule has 0 bridgehead atoms. The molecule has 2 rings (SSSR count). The van der Waals surface area contributed by atoms with Crippen LogP contribution in [0.5, 0.6) is 0 Å². The zero-order valence-corrected chi connectivity index (χ0v) is 11.8. The molecule has 19 heavy (non-hydrogen) atoms. The molecule has 6 heteroatoms. The summed E-state index contributed by atoms with van der Waals surface area (Å²) in [6, 6.07) is 0. The lowest BCUT2D eigenvalue weighted by Gasteiger charge is -2.42. The van der Waals surface area contributed by atoms with Crippen LogP contribution in [0.3, 0.4) is 0 Å². The molecule has 1 aliphatic heterocycles. The first kappa shape index (κ1) is 14.4. The van der Waals surface area contributed by atoms with Crippen LogP contribution < -0.4 is 0 Å². The number of piperidine rings is 1. The number of aryl methyl sites for hydroxylation is 1. The highest BCUT2D eigenvalue weighted by atomic mass is 16.3. The van der Waals surface area contributed by atoms with Crippen LogP contribution >= 0.6 is 0 Å². The number of aliphatic hydroxyl groups excluding tert-OH is 1. The van der Waals surface area contributed by atoms with Crippen molar-refractivity contribution in [2.24, 2.45) is 5.41 Å². The van der Waals surface area contributed by atoms with Crippen LogP contribution in [-0.4, -0.2) is 56.5 Å². The first-order valence-electron chi connectivity index (χ1n) is 7.32. The maximum atomic E-state index is 9.71. The molecule has 0 radical (unpaired) electrons. The first-order chi connectivity index (χ1) is 9.28. The number of aromatic nitrogens is 4. The number of nitrogens with zero attached hydrogens (tertiary/aromatic N) is 5. The summed E-state index contributed by atoms with van der Waals surface area (Å²) in [5.74, 6) is 0. The molecule has 0 amide bonds. The fraction of sp³-hybridized carbons (Fsp3) is 0.923. The van der Waals surface area contributed by atoms with Crippen LogP contribution in [0.4, 0.5) is 0 Å². The highest BCUT2D eigenvalue weighted by molar-refractivity contribution is 4.86. The Morgan fingerprint density at radius 2 is 2.26 bits per heavy atom. The Balaban J connectivity index is 1.77. The van der Waals surface area contributed by atoms with Gasteiger partial charge in [-0.3, -0.25) is 0 Å². The molecule has 108 valence electrons. The van der Waals surface area contributed by atoms with Crippen LogP contribution in [0.1, 0.15) is 39.0 Å². The second-order valence-electron chi connectivity index (χ2n) is 5.71. The number of likely N-dealkylation sites (tertiary alicyclic amines) is 1. The third-order valence-electron chi connectivity index (χ3n) is 4.11. The molecule has 0 saturated carbocycles. The molecule has 1 saturated heterocycles. The quantitative estimate of drug-likeness (QED) is 0.796. The summed E-state index contributed by atoms with van der Waals surface area (Å²) in [5, 5.41) is 20.8. The zero-order valence-electron chi connectivity index (χ0n) is 11.8. The van der Waals surface area contributed by atoms with Crippen LogP contribution in [-0.2, 0) is 6.54 Å². The molecule has 0 aromatic carbocycles. The standard InChI is InChI=1S/C13H25N5O/c1-2-5-13(11-19)6-3-7-17(10-13)8-4-9-18-12-14-15-16-18/h12,19H,2-11H2,1H3/t13-/m1/s1. The van der Waals surface area contributed by atoms with Crippen molar-refractivity contribution in [1.82, 2.24) is 25.1 Å². The fourth-order valence-corrected chi connectivity index (χ4v) is 3.18. The van der Waals surface area contributed by atoms with Gasteiger partial charge < -0.3 is 10.0 Å². The Morgan fingerprint density at radius 1 is 1.37 bits per heavy atom. The van der Waals surface area contributed by atoms with Gasteiger partial charge in [0.15, 0.2) is 0 Å². The molecule has 0 spiro atoms. The highest BCUT2D eigenvalue weighted by Gasteiger charge is 2.33. The van der Waals surface area contributed by atoms with Gasteiger partial charge in [-0.25, -0.2) is 4.68 Å².